The molecule has 0 aliphatic rings. The smallest absolute Gasteiger partial charge is 0.151 e. The highest BCUT2D eigenvalue weighted by Gasteiger charge is 2.15. The molecular formula is C20H20BN5. The molecule has 1 unspecified atom stereocenters. The van der Waals surface area contributed by atoms with Gasteiger partial charge >= 0.3 is 0 Å². The normalized spacial score (nSPS) is 12.2. The van der Waals surface area contributed by atoms with Crippen LogP contribution in [0.25, 0.3) is 5.65 Å². The molecular weight excluding hydrogens is 321 g/mol. The van der Waals surface area contributed by atoms with Gasteiger partial charge in [0.05, 0.1) is 5.69 Å². The van der Waals surface area contributed by atoms with Crippen LogP contribution in [0.2, 0.25) is 0 Å². The average molecular weight is 341 g/mol. The third kappa shape index (κ3) is 3.18. The molecule has 4 aromatic rings. The second-order valence-electron chi connectivity index (χ2n) is 6.48. The second-order valence-corrected chi connectivity index (χ2v) is 6.48. The fourth-order valence-electron chi connectivity index (χ4n) is 3.05. The quantitative estimate of drug-likeness (QED) is 0.565. The van der Waals surface area contributed by atoms with E-state index in [1.54, 1.807) is 6.20 Å². The molecule has 0 saturated heterocycles. The molecule has 3 heterocycles. The molecule has 0 amide bonds. The summed E-state index contributed by atoms with van der Waals surface area (Å²) in [6.07, 6.45) is 5.51. The van der Waals surface area contributed by atoms with E-state index in [9.17, 15) is 0 Å². The van der Waals surface area contributed by atoms with Crippen molar-refractivity contribution in [3.05, 3.63) is 83.9 Å². The first-order chi connectivity index (χ1) is 12.7. The van der Waals surface area contributed by atoms with Crippen LogP contribution in [0.4, 0.5) is 5.82 Å². The Morgan fingerprint density at radius 1 is 1.12 bits per heavy atom. The standard InChI is InChI=1S/C20H20BN5/c1-14(16-7-3-2-4-8-16)18-10-19(23-12-15-6-5-9-22-11-15)26-20(25-18)17(21)13-24-26/h2-11,13-14,23H,12,21H2,1H3. The van der Waals surface area contributed by atoms with Crippen molar-refractivity contribution in [1.29, 1.82) is 0 Å². The highest BCUT2D eigenvalue weighted by Crippen LogP contribution is 2.25. The minimum Gasteiger partial charge on any atom is -0.366 e. The number of anilines is 1. The Balaban J connectivity index is 1.72. The summed E-state index contributed by atoms with van der Waals surface area (Å²) in [5.74, 6) is 1.14. The Labute approximate surface area is 153 Å². The van der Waals surface area contributed by atoms with Crippen LogP contribution in [0.3, 0.4) is 0 Å². The zero-order valence-electron chi connectivity index (χ0n) is 14.9. The summed E-state index contributed by atoms with van der Waals surface area (Å²) in [5, 5.41) is 7.96. The lowest BCUT2D eigenvalue weighted by Gasteiger charge is -2.15. The monoisotopic (exact) mass is 341 g/mol. The molecule has 26 heavy (non-hydrogen) atoms. The van der Waals surface area contributed by atoms with Crippen molar-refractivity contribution in [1.82, 2.24) is 19.6 Å². The van der Waals surface area contributed by atoms with Crippen molar-refractivity contribution in [2.24, 2.45) is 0 Å². The van der Waals surface area contributed by atoms with Crippen LogP contribution in [0.1, 0.15) is 29.7 Å². The van der Waals surface area contributed by atoms with Gasteiger partial charge in [0.1, 0.15) is 13.7 Å². The van der Waals surface area contributed by atoms with Gasteiger partial charge in [0, 0.05) is 37.1 Å². The van der Waals surface area contributed by atoms with Gasteiger partial charge in [-0.25, -0.2) is 4.98 Å². The third-order valence-corrected chi connectivity index (χ3v) is 4.61. The molecule has 4 rings (SSSR count). The lowest BCUT2D eigenvalue weighted by atomic mass is 9.96. The maximum atomic E-state index is 4.87. The van der Waals surface area contributed by atoms with Crippen LogP contribution in [0.15, 0.2) is 67.1 Å². The highest BCUT2D eigenvalue weighted by atomic mass is 15.3. The van der Waals surface area contributed by atoms with Gasteiger partial charge in [-0.05, 0) is 22.7 Å². The van der Waals surface area contributed by atoms with E-state index in [2.05, 4.69) is 58.7 Å². The topological polar surface area (TPSA) is 55.1 Å². The molecule has 5 nitrogen and oxygen atoms in total. The van der Waals surface area contributed by atoms with Crippen molar-refractivity contribution in [2.45, 2.75) is 19.4 Å². The maximum absolute atomic E-state index is 4.87. The molecule has 0 saturated carbocycles. The van der Waals surface area contributed by atoms with E-state index >= 15 is 0 Å². The van der Waals surface area contributed by atoms with Crippen LogP contribution in [-0.4, -0.2) is 27.4 Å². The molecule has 1 N–H and O–H groups in total. The van der Waals surface area contributed by atoms with Crippen LogP contribution in [0, 0.1) is 0 Å². The molecule has 0 spiro atoms. The van der Waals surface area contributed by atoms with E-state index in [-0.39, 0.29) is 5.92 Å². The SMILES string of the molecule is Bc1cnn2c(NCc3cccnc3)cc(C(C)c3ccccc3)nc12. The number of fused-ring (bicyclic) bond motifs is 1. The minimum atomic E-state index is 0.203. The predicted molar refractivity (Wildman–Crippen MR) is 107 cm³/mol. The molecule has 0 aliphatic carbocycles. The Kier molecular flexibility index (Phi) is 4.40. The number of hydrogen-bond donors (Lipinski definition) is 1. The largest absolute Gasteiger partial charge is 0.366 e. The van der Waals surface area contributed by atoms with E-state index in [0.29, 0.717) is 6.54 Å². The predicted octanol–water partition coefficient (Wildman–Crippen LogP) is 2.15. The van der Waals surface area contributed by atoms with Gasteiger partial charge < -0.3 is 5.32 Å². The first-order valence-corrected chi connectivity index (χ1v) is 8.75. The summed E-state index contributed by atoms with van der Waals surface area (Å²) in [6, 6.07) is 16.5. The van der Waals surface area contributed by atoms with Crippen LogP contribution >= 0.6 is 0 Å². The van der Waals surface area contributed by atoms with Crippen molar-refractivity contribution >= 4 is 24.8 Å². The molecule has 1 atom stereocenters. The summed E-state index contributed by atoms with van der Waals surface area (Å²) in [5.41, 5.74) is 5.36. The van der Waals surface area contributed by atoms with Gasteiger partial charge in [-0.3, -0.25) is 4.98 Å². The number of aromatic nitrogens is 4. The molecule has 0 radical (unpaired) electrons. The summed E-state index contributed by atoms with van der Waals surface area (Å²) in [6.45, 7) is 2.87. The van der Waals surface area contributed by atoms with Crippen molar-refractivity contribution in [3.63, 3.8) is 0 Å². The summed E-state index contributed by atoms with van der Waals surface area (Å²) in [7, 11) is 2.04. The van der Waals surface area contributed by atoms with Gasteiger partial charge in [-0.2, -0.15) is 9.61 Å². The minimum absolute atomic E-state index is 0.203. The molecule has 0 bridgehead atoms. The van der Waals surface area contributed by atoms with Gasteiger partial charge in [0.25, 0.3) is 0 Å². The molecule has 0 fully saturated rings. The van der Waals surface area contributed by atoms with Crippen molar-refractivity contribution in [2.75, 3.05) is 5.32 Å². The lowest BCUT2D eigenvalue weighted by Crippen LogP contribution is -2.12. The first-order valence-electron chi connectivity index (χ1n) is 8.75. The molecule has 1 aromatic carbocycles. The number of nitrogens with one attached hydrogen (secondary N) is 1. The summed E-state index contributed by atoms with van der Waals surface area (Å²) in [4.78, 5) is 9.05. The Morgan fingerprint density at radius 3 is 2.73 bits per heavy atom. The van der Waals surface area contributed by atoms with Crippen LogP contribution in [0.5, 0.6) is 0 Å². The van der Waals surface area contributed by atoms with E-state index in [0.717, 1.165) is 28.2 Å². The van der Waals surface area contributed by atoms with E-state index in [4.69, 9.17) is 4.98 Å². The van der Waals surface area contributed by atoms with E-state index in [1.807, 2.05) is 36.9 Å². The summed E-state index contributed by atoms with van der Waals surface area (Å²) < 4.78 is 1.87. The number of rotatable bonds is 5. The third-order valence-electron chi connectivity index (χ3n) is 4.61. The maximum Gasteiger partial charge on any atom is 0.151 e. The zero-order chi connectivity index (χ0) is 17.9. The Morgan fingerprint density at radius 2 is 1.96 bits per heavy atom. The van der Waals surface area contributed by atoms with Gasteiger partial charge in [0.15, 0.2) is 5.65 Å². The van der Waals surface area contributed by atoms with Gasteiger partial charge in [0.2, 0.25) is 0 Å². The number of benzene rings is 1. The number of pyridine rings is 1. The van der Waals surface area contributed by atoms with Crippen molar-refractivity contribution in [3.8, 4) is 0 Å². The van der Waals surface area contributed by atoms with E-state index in [1.165, 1.54) is 5.56 Å². The highest BCUT2D eigenvalue weighted by molar-refractivity contribution is 6.36. The molecule has 3 aromatic heterocycles. The second kappa shape index (κ2) is 7.00. The molecule has 0 aliphatic heterocycles. The summed E-state index contributed by atoms with van der Waals surface area (Å²) >= 11 is 0. The Bertz CT molecular complexity index is 1010. The average Bonchev–Trinajstić information content (AvgIpc) is 3.08. The first kappa shape index (κ1) is 16.3. The van der Waals surface area contributed by atoms with Gasteiger partial charge in [-0.1, -0.05) is 43.3 Å². The van der Waals surface area contributed by atoms with Gasteiger partial charge in [-0.15, -0.1) is 0 Å². The lowest BCUT2D eigenvalue weighted by molar-refractivity contribution is 0.844. The molecule has 128 valence electrons. The van der Waals surface area contributed by atoms with E-state index < -0.39 is 0 Å². The van der Waals surface area contributed by atoms with Crippen LogP contribution < -0.4 is 10.8 Å². The zero-order valence-corrected chi connectivity index (χ0v) is 14.9. The van der Waals surface area contributed by atoms with Crippen LogP contribution in [-0.2, 0) is 6.54 Å². The Hall–Kier alpha value is -3.15. The van der Waals surface area contributed by atoms with Crippen molar-refractivity contribution < 1.29 is 0 Å². The molecule has 6 heteroatoms. The number of hydrogen-bond acceptors (Lipinski definition) is 4. The fourth-order valence-corrected chi connectivity index (χ4v) is 3.05. The fraction of sp³-hybridized carbons (Fsp3) is 0.150. The number of nitrogens with zero attached hydrogens (tertiary/aromatic N) is 4.